The Morgan fingerprint density at radius 1 is 1.38 bits per heavy atom. The van der Waals surface area contributed by atoms with Crippen molar-refractivity contribution < 1.29 is 19.2 Å². The zero-order chi connectivity index (χ0) is 18.3. The largest absolute Gasteiger partial charge is 0.452 e. The lowest BCUT2D eigenvalue weighted by Gasteiger charge is -2.17. The summed E-state index contributed by atoms with van der Waals surface area (Å²) >= 11 is 0. The van der Waals surface area contributed by atoms with E-state index in [0.717, 1.165) is 18.9 Å². The summed E-state index contributed by atoms with van der Waals surface area (Å²) in [5, 5.41) is 13.6. The molecule has 0 unspecified atom stereocenters. The number of anilines is 1. The Bertz CT molecular complexity index is 616. The second-order valence-corrected chi connectivity index (χ2v) is 5.69. The zero-order valence-electron chi connectivity index (χ0n) is 14.4. The summed E-state index contributed by atoms with van der Waals surface area (Å²) in [5.41, 5.74) is 0.308. The molecule has 0 aliphatic rings. The van der Waals surface area contributed by atoms with E-state index in [1.807, 2.05) is 13.8 Å². The van der Waals surface area contributed by atoms with Gasteiger partial charge < -0.3 is 15.0 Å². The van der Waals surface area contributed by atoms with E-state index >= 15 is 0 Å². The van der Waals surface area contributed by atoms with E-state index in [9.17, 15) is 19.7 Å². The van der Waals surface area contributed by atoms with E-state index in [2.05, 4.69) is 5.32 Å². The van der Waals surface area contributed by atoms with Crippen molar-refractivity contribution in [2.45, 2.75) is 32.7 Å². The molecule has 1 atom stereocenters. The molecule has 0 aliphatic carbocycles. The number of nitro groups is 1. The number of amides is 1. The third-order valence-electron chi connectivity index (χ3n) is 3.36. The summed E-state index contributed by atoms with van der Waals surface area (Å²) < 4.78 is 4.99. The first-order chi connectivity index (χ1) is 11.3. The van der Waals surface area contributed by atoms with Crippen molar-refractivity contribution in [1.29, 1.82) is 0 Å². The van der Waals surface area contributed by atoms with Crippen LogP contribution in [0.4, 0.5) is 11.4 Å². The second-order valence-electron chi connectivity index (χ2n) is 5.69. The Morgan fingerprint density at radius 2 is 2.04 bits per heavy atom. The number of non-ortho nitro benzene ring substituents is 1. The molecule has 0 bridgehead atoms. The third-order valence-corrected chi connectivity index (χ3v) is 3.36. The van der Waals surface area contributed by atoms with Crippen LogP contribution in [0.15, 0.2) is 18.2 Å². The first kappa shape index (κ1) is 19.4. The Labute approximate surface area is 140 Å². The molecule has 1 aromatic carbocycles. The Balaban J connectivity index is 2.81. The van der Waals surface area contributed by atoms with Crippen molar-refractivity contribution in [3.8, 4) is 0 Å². The predicted molar refractivity (Wildman–Crippen MR) is 90.2 cm³/mol. The van der Waals surface area contributed by atoms with E-state index in [0.29, 0.717) is 5.69 Å². The minimum atomic E-state index is -0.777. The van der Waals surface area contributed by atoms with Gasteiger partial charge >= 0.3 is 5.97 Å². The van der Waals surface area contributed by atoms with Crippen LogP contribution in [-0.4, -0.2) is 43.5 Å². The number of rotatable bonds is 8. The minimum absolute atomic E-state index is 0.00338. The number of ether oxygens (including phenoxy) is 1. The molecule has 8 nitrogen and oxygen atoms in total. The highest BCUT2D eigenvalue weighted by atomic mass is 16.6. The molecule has 0 saturated heterocycles. The van der Waals surface area contributed by atoms with E-state index < -0.39 is 23.4 Å². The van der Waals surface area contributed by atoms with Crippen molar-refractivity contribution >= 4 is 23.3 Å². The van der Waals surface area contributed by atoms with Gasteiger partial charge in [0, 0.05) is 32.3 Å². The lowest BCUT2D eigenvalue weighted by Crippen LogP contribution is -2.35. The van der Waals surface area contributed by atoms with Gasteiger partial charge in [0.15, 0.2) is 6.61 Å². The molecule has 1 rings (SSSR count). The third kappa shape index (κ3) is 5.53. The lowest BCUT2D eigenvalue weighted by atomic mass is 10.1. The molecule has 0 spiro atoms. The van der Waals surface area contributed by atoms with Crippen molar-refractivity contribution in [3.05, 3.63) is 33.9 Å². The highest BCUT2D eigenvalue weighted by Crippen LogP contribution is 2.24. The van der Waals surface area contributed by atoms with Crippen LogP contribution < -0.4 is 10.2 Å². The van der Waals surface area contributed by atoms with Gasteiger partial charge in [0.05, 0.1) is 16.2 Å². The van der Waals surface area contributed by atoms with Crippen molar-refractivity contribution in [3.63, 3.8) is 0 Å². The summed E-state index contributed by atoms with van der Waals surface area (Å²) in [7, 11) is 3.41. The molecule has 132 valence electrons. The normalized spacial score (nSPS) is 11.5. The van der Waals surface area contributed by atoms with E-state index in [-0.39, 0.29) is 17.3 Å². The SMILES string of the molecule is CCC[C@H](C)NC(=O)COC(=O)c1cc([N+](=O)[O-])ccc1N(C)C. The molecule has 8 heteroatoms. The summed E-state index contributed by atoms with van der Waals surface area (Å²) in [4.78, 5) is 35.9. The topological polar surface area (TPSA) is 102 Å². The van der Waals surface area contributed by atoms with Gasteiger partial charge in [0.2, 0.25) is 0 Å². The highest BCUT2D eigenvalue weighted by Gasteiger charge is 2.20. The number of esters is 1. The van der Waals surface area contributed by atoms with E-state index in [1.54, 1.807) is 19.0 Å². The van der Waals surface area contributed by atoms with E-state index in [1.165, 1.54) is 12.1 Å². The molecule has 1 aromatic rings. The smallest absolute Gasteiger partial charge is 0.341 e. The van der Waals surface area contributed by atoms with Gasteiger partial charge in [0.1, 0.15) is 0 Å². The fourth-order valence-corrected chi connectivity index (χ4v) is 2.22. The second kappa shape index (κ2) is 8.85. The molecule has 0 aliphatic heterocycles. The fraction of sp³-hybridized carbons (Fsp3) is 0.500. The predicted octanol–water partition coefficient (Wildman–Crippen LogP) is 2.12. The average Bonchev–Trinajstić information content (AvgIpc) is 2.51. The van der Waals surface area contributed by atoms with Crippen LogP contribution >= 0.6 is 0 Å². The molecule has 0 saturated carbocycles. The molecular formula is C16H23N3O5. The van der Waals surface area contributed by atoms with Crippen LogP contribution in [0.5, 0.6) is 0 Å². The zero-order valence-corrected chi connectivity index (χ0v) is 14.4. The van der Waals surface area contributed by atoms with Gasteiger partial charge in [-0.3, -0.25) is 14.9 Å². The monoisotopic (exact) mass is 337 g/mol. The average molecular weight is 337 g/mol. The number of nitrogens with zero attached hydrogens (tertiary/aromatic N) is 2. The van der Waals surface area contributed by atoms with Crippen LogP contribution in [0.25, 0.3) is 0 Å². The Hall–Kier alpha value is -2.64. The summed E-state index contributed by atoms with van der Waals surface area (Å²) in [6.45, 7) is 3.45. The van der Waals surface area contributed by atoms with Gasteiger partial charge in [-0.25, -0.2) is 4.79 Å². The summed E-state index contributed by atoms with van der Waals surface area (Å²) in [6.07, 6.45) is 1.76. The molecular weight excluding hydrogens is 314 g/mol. The first-order valence-corrected chi connectivity index (χ1v) is 7.68. The minimum Gasteiger partial charge on any atom is -0.452 e. The van der Waals surface area contributed by atoms with Gasteiger partial charge in [0.25, 0.3) is 11.6 Å². The van der Waals surface area contributed by atoms with Crippen molar-refractivity contribution in [1.82, 2.24) is 5.32 Å². The maximum Gasteiger partial charge on any atom is 0.341 e. The van der Waals surface area contributed by atoms with Crippen LogP contribution in [-0.2, 0) is 9.53 Å². The number of hydrogen-bond acceptors (Lipinski definition) is 6. The van der Waals surface area contributed by atoms with Crippen molar-refractivity contribution in [2.24, 2.45) is 0 Å². The van der Waals surface area contributed by atoms with Gasteiger partial charge in [-0.2, -0.15) is 0 Å². The van der Waals surface area contributed by atoms with Crippen LogP contribution in [0, 0.1) is 10.1 Å². The molecule has 0 heterocycles. The number of nitro benzene ring substituents is 1. The first-order valence-electron chi connectivity index (χ1n) is 7.68. The number of carbonyl (C=O) groups excluding carboxylic acids is 2. The number of carbonyl (C=O) groups is 2. The van der Waals surface area contributed by atoms with Crippen LogP contribution in [0.2, 0.25) is 0 Å². The van der Waals surface area contributed by atoms with Crippen molar-refractivity contribution in [2.75, 3.05) is 25.6 Å². The number of benzene rings is 1. The van der Waals surface area contributed by atoms with Crippen LogP contribution in [0.3, 0.4) is 0 Å². The molecule has 0 fully saturated rings. The summed E-state index contributed by atoms with van der Waals surface area (Å²) in [6, 6.07) is 3.93. The van der Waals surface area contributed by atoms with Crippen LogP contribution in [0.1, 0.15) is 37.0 Å². The molecule has 0 radical (unpaired) electrons. The lowest BCUT2D eigenvalue weighted by molar-refractivity contribution is -0.384. The highest BCUT2D eigenvalue weighted by molar-refractivity contribution is 5.97. The maximum absolute atomic E-state index is 12.2. The van der Waals surface area contributed by atoms with E-state index in [4.69, 9.17) is 4.74 Å². The molecule has 0 aromatic heterocycles. The van der Waals surface area contributed by atoms with Gasteiger partial charge in [-0.1, -0.05) is 13.3 Å². The van der Waals surface area contributed by atoms with Gasteiger partial charge in [-0.05, 0) is 19.4 Å². The fourth-order valence-electron chi connectivity index (χ4n) is 2.22. The molecule has 1 N–H and O–H groups in total. The maximum atomic E-state index is 12.2. The quantitative estimate of drug-likeness (QED) is 0.443. The number of hydrogen-bond donors (Lipinski definition) is 1. The Morgan fingerprint density at radius 3 is 2.58 bits per heavy atom. The Kier molecular flexibility index (Phi) is 7.16. The standard InChI is InChI=1S/C16H23N3O5/c1-5-6-11(2)17-15(20)10-24-16(21)13-9-12(19(22)23)7-8-14(13)18(3)4/h7-9,11H,5-6,10H2,1-4H3,(H,17,20)/t11-/m0/s1. The van der Waals surface area contributed by atoms with Gasteiger partial charge in [-0.15, -0.1) is 0 Å². The molecule has 24 heavy (non-hydrogen) atoms. The molecule has 1 amide bonds. The number of nitrogens with one attached hydrogen (secondary N) is 1. The summed E-state index contributed by atoms with van der Waals surface area (Å²) in [5.74, 6) is -1.18.